The molecule has 0 aliphatic heterocycles. The van der Waals surface area contributed by atoms with Crippen molar-refractivity contribution >= 4 is 0 Å². The first-order valence-electron chi connectivity index (χ1n) is 7.34. The molecule has 2 N–H and O–H groups in total. The van der Waals surface area contributed by atoms with Gasteiger partial charge in [-0.25, -0.2) is 4.39 Å². The summed E-state index contributed by atoms with van der Waals surface area (Å²) in [6, 6.07) is 4.67. The van der Waals surface area contributed by atoms with E-state index in [-0.39, 0.29) is 5.75 Å². The Bertz CT molecular complexity index is 400. The van der Waals surface area contributed by atoms with Crippen molar-refractivity contribution in [3.63, 3.8) is 0 Å². The van der Waals surface area contributed by atoms with E-state index in [2.05, 4.69) is 12.2 Å². The molecule has 0 bridgehead atoms. The molecule has 0 spiro atoms. The summed E-state index contributed by atoms with van der Waals surface area (Å²) < 4.78 is 13.1. The van der Waals surface area contributed by atoms with Gasteiger partial charge in [0, 0.05) is 12.1 Å². The summed E-state index contributed by atoms with van der Waals surface area (Å²) in [5, 5.41) is 12.9. The van der Waals surface area contributed by atoms with E-state index in [9.17, 15) is 9.50 Å². The lowest BCUT2D eigenvalue weighted by atomic mass is 9.81. The fraction of sp³-hybridized carbons (Fsp3) is 0.625. The second kappa shape index (κ2) is 6.90. The summed E-state index contributed by atoms with van der Waals surface area (Å²) >= 11 is 0. The lowest BCUT2D eigenvalue weighted by molar-refractivity contribution is 0.275. The Kier molecular flexibility index (Phi) is 5.20. The van der Waals surface area contributed by atoms with Crippen LogP contribution in [0.2, 0.25) is 0 Å². The van der Waals surface area contributed by atoms with Crippen LogP contribution >= 0.6 is 0 Å². The van der Waals surface area contributed by atoms with Gasteiger partial charge in [-0.1, -0.05) is 44.7 Å². The average Bonchev–Trinajstić information content (AvgIpc) is 2.41. The molecule has 1 fully saturated rings. The molecule has 106 valence electrons. The molecule has 0 amide bonds. The minimum Gasteiger partial charge on any atom is -0.505 e. The summed E-state index contributed by atoms with van der Waals surface area (Å²) in [6.45, 7) is 3.81. The zero-order valence-electron chi connectivity index (χ0n) is 11.7. The minimum atomic E-state index is -0.541. The maximum absolute atomic E-state index is 13.1. The van der Waals surface area contributed by atoms with Gasteiger partial charge in [0.15, 0.2) is 11.6 Å². The van der Waals surface area contributed by atoms with Gasteiger partial charge < -0.3 is 10.4 Å². The molecule has 0 heterocycles. The van der Waals surface area contributed by atoms with Gasteiger partial charge >= 0.3 is 0 Å². The molecular formula is C16H24FNO. The first kappa shape index (κ1) is 14.3. The van der Waals surface area contributed by atoms with Crippen molar-refractivity contribution in [1.82, 2.24) is 5.32 Å². The van der Waals surface area contributed by atoms with Crippen molar-refractivity contribution in [3.05, 3.63) is 29.6 Å². The predicted molar refractivity (Wildman–Crippen MR) is 75.5 cm³/mol. The molecule has 0 unspecified atom stereocenters. The zero-order chi connectivity index (χ0) is 13.7. The second-order valence-corrected chi connectivity index (χ2v) is 5.84. The number of phenolic OH excluding ortho intramolecular Hbond substituents is 1. The fourth-order valence-corrected chi connectivity index (χ4v) is 2.85. The van der Waals surface area contributed by atoms with Crippen LogP contribution in [0.1, 0.15) is 44.6 Å². The van der Waals surface area contributed by atoms with Crippen LogP contribution in [0.15, 0.2) is 18.2 Å². The van der Waals surface area contributed by atoms with Crippen molar-refractivity contribution in [1.29, 1.82) is 0 Å². The molecule has 3 heteroatoms. The Morgan fingerprint density at radius 2 is 2.00 bits per heavy atom. The Morgan fingerprint density at radius 3 is 2.74 bits per heavy atom. The smallest absolute Gasteiger partial charge is 0.165 e. The van der Waals surface area contributed by atoms with Crippen molar-refractivity contribution in [3.8, 4) is 5.75 Å². The first-order chi connectivity index (χ1) is 9.16. The van der Waals surface area contributed by atoms with Gasteiger partial charge in [0.1, 0.15) is 0 Å². The Labute approximate surface area is 115 Å². The van der Waals surface area contributed by atoms with E-state index in [0.29, 0.717) is 12.1 Å². The monoisotopic (exact) mass is 265 g/mol. The van der Waals surface area contributed by atoms with E-state index in [1.54, 1.807) is 12.1 Å². The molecular weight excluding hydrogens is 241 g/mol. The normalized spacial score (nSPS) is 23.5. The third-order valence-corrected chi connectivity index (χ3v) is 4.25. The van der Waals surface area contributed by atoms with Crippen LogP contribution in [0.3, 0.4) is 0 Å². The maximum Gasteiger partial charge on any atom is 0.165 e. The van der Waals surface area contributed by atoms with E-state index in [0.717, 1.165) is 18.4 Å². The number of benzene rings is 1. The summed E-state index contributed by atoms with van der Waals surface area (Å²) in [4.78, 5) is 0. The molecule has 2 rings (SSSR count). The zero-order valence-corrected chi connectivity index (χ0v) is 11.7. The number of para-hydroxylation sites is 1. The van der Waals surface area contributed by atoms with Crippen LogP contribution in [0.25, 0.3) is 0 Å². The number of hydrogen-bond acceptors (Lipinski definition) is 2. The lowest BCUT2D eigenvalue weighted by Crippen LogP contribution is -2.20. The topological polar surface area (TPSA) is 32.3 Å². The standard InChI is InChI=1S/C16H24FNO/c1-12-5-7-13(8-6-12)9-10-18-11-14-3-2-4-15(17)16(14)19/h2-4,12-13,18-19H,5-11H2,1H3. The number of rotatable bonds is 5. The van der Waals surface area contributed by atoms with Crippen molar-refractivity contribution in [2.45, 2.75) is 45.6 Å². The van der Waals surface area contributed by atoms with Crippen molar-refractivity contribution in [2.75, 3.05) is 6.54 Å². The molecule has 0 saturated heterocycles. The van der Waals surface area contributed by atoms with E-state index in [4.69, 9.17) is 0 Å². The highest BCUT2D eigenvalue weighted by Gasteiger charge is 2.17. The fourth-order valence-electron chi connectivity index (χ4n) is 2.85. The Hall–Kier alpha value is -1.09. The van der Waals surface area contributed by atoms with Crippen molar-refractivity contribution in [2.24, 2.45) is 11.8 Å². The SMILES string of the molecule is CC1CCC(CCNCc2cccc(F)c2O)CC1. The number of hydrogen-bond donors (Lipinski definition) is 2. The molecule has 1 aromatic carbocycles. The lowest BCUT2D eigenvalue weighted by Gasteiger charge is -2.26. The van der Waals surface area contributed by atoms with Crippen LogP contribution in [0.5, 0.6) is 5.75 Å². The molecule has 1 aliphatic carbocycles. The number of aromatic hydroxyl groups is 1. The van der Waals surface area contributed by atoms with Gasteiger partial charge in [-0.15, -0.1) is 0 Å². The van der Waals surface area contributed by atoms with Gasteiger partial charge in [-0.3, -0.25) is 0 Å². The van der Waals surface area contributed by atoms with Gasteiger partial charge in [0.05, 0.1) is 0 Å². The quantitative estimate of drug-likeness (QED) is 0.793. The Morgan fingerprint density at radius 1 is 1.26 bits per heavy atom. The molecule has 0 radical (unpaired) electrons. The van der Waals surface area contributed by atoms with Gasteiger partial charge in [0.25, 0.3) is 0 Å². The predicted octanol–water partition coefficient (Wildman–Crippen LogP) is 3.84. The number of halogens is 1. The van der Waals surface area contributed by atoms with Crippen molar-refractivity contribution < 1.29 is 9.50 Å². The highest BCUT2D eigenvalue weighted by Crippen LogP contribution is 2.30. The second-order valence-electron chi connectivity index (χ2n) is 5.84. The molecule has 1 saturated carbocycles. The average molecular weight is 265 g/mol. The third-order valence-electron chi connectivity index (χ3n) is 4.25. The number of nitrogens with one attached hydrogen (secondary N) is 1. The summed E-state index contributed by atoms with van der Waals surface area (Å²) in [5.41, 5.74) is 0.636. The van der Waals surface area contributed by atoms with E-state index in [1.165, 1.54) is 38.2 Å². The highest BCUT2D eigenvalue weighted by molar-refractivity contribution is 5.33. The maximum atomic E-state index is 13.1. The summed E-state index contributed by atoms with van der Waals surface area (Å²) in [6.07, 6.45) is 6.58. The highest BCUT2D eigenvalue weighted by atomic mass is 19.1. The molecule has 0 aromatic heterocycles. The minimum absolute atomic E-state index is 0.221. The van der Waals surface area contributed by atoms with Crippen LogP contribution < -0.4 is 5.32 Å². The molecule has 1 aliphatic rings. The van der Waals surface area contributed by atoms with Crippen LogP contribution in [0.4, 0.5) is 4.39 Å². The van der Waals surface area contributed by atoms with Gasteiger partial charge in [0.2, 0.25) is 0 Å². The van der Waals surface area contributed by atoms with Gasteiger partial charge in [-0.2, -0.15) is 0 Å². The number of phenols is 1. The molecule has 1 aromatic rings. The molecule has 2 nitrogen and oxygen atoms in total. The van der Waals surface area contributed by atoms with E-state index in [1.807, 2.05) is 0 Å². The summed E-state index contributed by atoms with van der Waals surface area (Å²) in [7, 11) is 0. The van der Waals surface area contributed by atoms with E-state index < -0.39 is 5.82 Å². The largest absolute Gasteiger partial charge is 0.505 e. The van der Waals surface area contributed by atoms with Crippen LogP contribution in [0, 0.1) is 17.7 Å². The van der Waals surface area contributed by atoms with E-state index >= 15 is 0 Å². The molecule has 19 heavy (non-hydrogen) atoms. The first-order valence-corrected chi connectivity index (χ1v) is 7.34. The third kappa shape index (κ3) is 4.20. The Balaban J connectivity index is 1.68. The van der Waals surface area contributed by atoms with Crippen LogP contribution in [-0.4, -0.2) is 11.7 Å². The van der Waals surface area contributed by atoms with Crippen LogP contribution in [-0.2, 0) is 6.54 Å². The molecule has 0 atom stereocenters. The summed E-state index contributed by atoms with van der Waals surface area (Å²) in [5.74, 6) is 0.973. The van der Waals surface area contributed by atoms with Gasteiger partial charge in [-0.05, 0) is 30.9 Å².